The van der Waals surface area contributed by atoms with Crippen molar-refractivity contribution in [1.29, 1.82) is 5.41 Å². The van der Waals surface area contributed by atoms with Crippen LogP contribution in [0.4, 0.5) is 4.39 Å². The van der Waals surface area contributed by atoms with Crippen LogP contribution >= 0.6 is 11.3 Å². The predicted molar refractivity (Wildman–Crippen MR) is 143 cm³/mol. The molecule has 0 aliphatic heterocycles. The standard InChI is InChI=1S/C27H32FN3O7S/c1-26(2,25(37)31-27(10-3-13-32,11-4-14-33)12-9-22(34)35)16-18-6-8-21(39-18)24(36)38-20-7-5-17(23(29)30)15-19(20)28/h5-8,13-15H,3-4,9-12,16H2,1-2H3,(H3,29,30)(H,31,37)(H,34,35). The van der Waals surface area contributed by atoms with E-state index in [-0.39, 0.29) is 67.0 Å². The van der Waals surface area contributed by atoms with Crippen molar-refractivity contribution in [2.75, 3.05) is 0 Å². The van der Waals surface area contributed by atoms with Crippen molar-refractivity contribution in [2.24, 2.45) is 11.1 Å². The number of nitrogen functional groups attached to an aromatic ring is 1. The topological polar surface area (TPSA) is 177 Å². The first-order valence-electron chi connectivity index (χ1n) is 12.2. The van der Waals surface area contributed by atoms with Crippen molar-refractivity contribution in [3.05, 3.63) is 51.5 Å². The molecule has 39 heavy (non-hydrogen) atoms. The number of thiophene rings is 1. The number of amidine groups is 1. The summed E-state index contributed by atoms with van der Waals surface area (Å²) in [5.74, 6) is -3.73. The van der Waals surface area contributed by atoms with Crippen LogP contribution in [0.3, 0.4) is 0 Å². The monoisotopic (exact) mass is 561 g/mol. The molecule has 0 aliphatic rings. The molecule has 0 saturated carbocycles. The summed E-state index contributed by atoms with van der Waals surface area (Å²) in [6.45, 7) is 3.38. The first kappa shape index (κ1) is 31.3. The van der Waals surface area contributed by atoms with Crippen LogP contribution in [0.5, 0.6) is 5.75 Å². The third-order valence-corrected chi connectivity index (χ3v) is 7.28. The SMILES string of the molecule is CC(C)(Cc1ccc(C(=O)Oc2ccc(C(=N)N)cc2F)s1)C(=O)NC(CCC=O)(CCC=O)CCC(=O)O. The second-order valence-corrected chi connectivity index (χ2v) is 11.0. The van der Waals surface area contributed by atoms with E-state index in [2.05, 4.69) is 5.32 Å². The number of carbonyl (C=O) groups is 5. The maximum atomic E-state index is 14.3. The number of carboxylic acids is 1. The zero-order valence-electron chi connectivity index (χ0n) is 21.8. The van der Waals surface area contributed by atoms with Gasteiger partial charge >= 0.3 is 11.9 Å². The van der Waals surface area contributed by atoms with Crippen LogP contribution in [0, 0.1) is 16.6 Å². The number of nitrogens with one attached hydrogen (secondary N) is 2. The van der Waals surface area contributed by atoms with Crippen molar-refractivity contribution < 1.29 is 38.2 Å². The molecule has 2 rings (SSSR count). The molecular formula is C27H32FN3O7S. The number of hydrogen-bond donors (Lipinski definition) is 4. The Morgan fingerprint density at radius 1 is 1.10 bits per heavy atom. The fourth-order valence-electron chi connectivity index (χ4n) is 3.99. The van der Waals surface area contributed by atoms with Crippen LogP contribution in [0.1, 0.15) is 72.5 Å². The average Bonchev–Trinajstić information content (AvgIpc) is 3.33. The highest BCUT2D eigenvalue weighted by Crippen LogP contribution is 2.31. The number of halogens is 1. The van der Waals surface area contributed by atoms with Crippen LogP contribution in [-0.2, 0) is 25.6 Å². The fraction of sp³-hybridized carbons (Fsp3) is 0.407. The van der Waals surface area contributed by atoms with Crippen LogP contribution in [0.25, 0.3) is 0 Å². The summed E-state index contributed by atoms with van der Waals surface area (Å²) < 4.78 is 19.4. The third kappa shape index (κ3) is 9.10. The number of aldehydes is 2. The number of ether oxygens (including phenoxy) is 1. The van der Waals surface area contributed by atoms with Gasteiger partial charge in [0.2, 0.25) is 5.91 Å². The van der Waals surface area contributed by atoms with E-state index in [4.69, 9.17) is 15.9 Å². The first-order chi connectivity index (χ1) is 18.3. The lowest BCUT2D eigenvalue weighted by molar-refractivity contribution is -0.138. The molecule has 0 saturated heterocycles. The van der Waals surface area contributed by atoms with Gasteiger partial charge < -0.3 is 30.5 Å². The molecule has 0 bridgehead atoms. The van der Waals surface area contributed by atoms with Crippen molar-refractivity contribution in [2.45, 2.75) is 64.3 Å². The molecule has 10 nitrogen and oxygen atoms in total. The Balaban J connectivity index is 2.16. The molecule has 0 unspecified atom stereocenters. The molecule has 2 aromatic rings. The van der Waals surface area contributed by atoms with E-state index in [0.29, 0.717) is 17.4 Å². The summed E-state index contributed by atoms with van der Waals surface area (Å²) >= 11 is 1.08. The quantitative estimate of drug-likeness (QED) is 0.0789. The number of rotatable bonds is 16. The van der Waals surface area contributed by atoms with Crippen LogP contribution in [0.2, 0.25) is 0 Å². The van der Waals surface area contributed by atoms with Gasteiger partial charge in [0.25, 0.3) is 0 Å². The van der Waals surface area contributed by atoms with Gasteiger partial charge in [-0.3, -0.25) is 15.0 Å². The summed E-state index contributed by atoms with van der Waals surface area (Å²) in [6, 6.07) is 6.71. The highest BCUT2D eigenvalue weighted by Gasteiger charge is 2.37. The number of aliphatic carboxylic acids is 1. The number of carboxylic acid groups (broad SMARTS) is 1. The number of esters is 1. The summed E-state index contributed by atoms with van der Waals surface area (Å²) in [4.78, 5) is 60.1. The van der Waals surface area contributed by atoms with E-state index in [1.165, 1.54) is 18.2 Å². The van der Waals surface area contributed by atoms with E-state index in [0.717, 1.165) is 17.4 Å². The minimum absolute atomic E-state index is 0.0603. The van der Waals surface area contributed by atoms with E-state index in [9.17, 15) is 33.5 Å². The largest absolute Gasteiger partial charge is 0.481 e. The molecule has 0 radical (unpaired) electrons. The average molecular weight is 562 g/mol. The second-order valence-electron chi connectivity index (χ2n) is 9.81. The molecule has 1 amide bonds. The zero-order valence-corrected chi connectivity index (χ0v) is 22.6. The van der Waals surface area contributed by atoms with E-state index in [1.54, 1.807) is 19.9 Å². The van der Waals surface area contributed by atoms with Gasteiger partial charge in [0, 0.05) is 40.7 Å². The van der Waals surface area contributed by atoms with Gasteiger partial charge in [-0.1, -0.05) is 13.8 Å². The fourth-order valence-corrected chi connectivity index (χ4v) is 5.10. The Kier molecular flexibility index (Phi) is 11.0. The molecule has 210 valence electrons. The van der Waals surface area contributed by atoms with Gasteiger partial charge in [0.05, 0.1) is 0 Å². The van der Waals surface area contributed by atoms with Crippen molar-refractivity contribution in [3.63, 3.8) is 0 Å². The molecule has 1 heterocycles. The maximum Gasteiger partial charge on any atom is 0.353 e. The highest BCUT2D eigenvalue weighted by molar-refractivity contribution is 7.14. The van der Waals surface area contributed by atoms with Crippen LogP contribution in [0.15, 0.2) is 30.3 Å². The normalized spacial score (nSPS) is 11.5. The Morgan fingerprint density at radius 3 is 2.28 bits per heavy atom. The lowest BCUT2D eigenvalue weighted by Gasteiger charge is -2.37. The van der Waals surface area contributed by atoms with Crippen LogP contribution < -0.4 is 15.8 Å². The number of benzene rings is 1. The number of carbonyl (C=O) groups excluding carboxylic acids is 4. The Morgan fingerprint density at radius 2 is 1.74 bits per heavy atom. The van der Waals surface area contributed by atoms with Gasteiger partial charge in [0.1, 0.15) is 23.3 Å². The molecular weight excluding hydrogens is 529 g/mol. The molecule has 0 atom stereocenters. The number of hydrogen-bond acceptors (Lipinski definition) is 8. The Bertz CT molecular complexity index is 1230. The van der Waals surface area contributed by atoms with Gasteiger partial charge in [-0.25, -0.2) is 9.18 Å². The summed E-state index contributed by atoms with van der Waals surface area (Å²) in [5, 5.41) is 19.5. The van der Waals surface area contributed by atoms with Crippen molar-refractivity contribution in [3.8, 4) is 5.75 Å². The van der Waals surface area contributed by atoms with E-state index < -0.39 is 34.6 Å². The maximum absolute atomic E-state index is 14.3. The lowest BCUT2D eigenvalue weighted by Crippen LogP contribution is -2.53. The Hall–Kier alpha value is -3.93. The molecule has 5 N–H and O–H groups in total. The van der Waals surface area contributed by atoms with Crippen LogP contribution in [-0.4, -0.2) is 46.9 Å². The molecule has 12 heteroatoms. The smallest absolute Gasteiger partial charge is 0.353 e. The minimum Gasteiger partial charge on any atom is -0.481 e. The van der Waals surface area contributed by atoms with E-state index >= 15 is 0 Å². The molecule has 1 aromatic heterocycles. The summed E-state index contributed by atoms with van der Waals surface area (Å²) in [6.07, 6.45) is 1.97. The number of amides is 1. The van der Waals surface area contributed by atoms with Gasteiger partial charge in [-0.2, -0.15) is 0 Å². The first-order valence-corrected chi connectivity index (χ1v) is 13.0. The summed E-state index contributed by atoms with van der Waals surface area (Å²) in [7, 11) is 0. The van der Waals surface area contributed by atoms with E-state index in [1.807, 2.05) is 0 Å². The predicted octanol–water partition coefficient (Wildman–Crippen LogP) is 3.64. The van der Waals surface area contributed by atoms with Gasteiger partial charge in [0.15, 0.2) is 11.6 Å². The second kappa shape index (κ2) is 13.7. The molecule has 1 aromatic carbocycles. The molecule has 0 spiro atoms. The van der Waals surface area contributed by atoms with Crippen molar-refractivity contribution in [1.82, 2.24) is 5.32 Å². The van der Waals surface area contributed by atoms with Crippen molar-refractivity contribution >= 4 is 47.6 Å². The van der Waals surface area contributed by atoms with Gasteiger partial charge in [-0.05, 0) is 56.0 Å². The zero-order chi connectivity index (χ0) is 29.2. The highest BCUT2D eigenvalue weighted by atomic mass is 32.1. The van der Waals surface area contributed by atoms with Gasteiger partial charge in [-0.15, -0.1) is 11.3 Å². The Labute approximate surface area is 229 Å². The summed E-state index contributed by atoms with van der Waals surface area (Å²) in [5.41, 5.74) is 3.44. The lowest BCUT2D eigenvalue weighted by atomic mass is 9.81. The minimum atomic E-state index is -1.06. The molecule has 0 fully saturated rings. The third-order valence-electron chi connectivity index (χ3n) is 6.22. The molecule has 0 aliphatic carbocycles. The number of nitrogens with two attached hydrogens (primary N) is 1.